The highest BCUT2D eigenvalue weighted by atomic mass is 14.1. The third kappa shape index (κ3) is 6.46. The van der Waals surface area contributed by atoms with E-state index in [4.69, 9.17) is 0 Å². The summed E-state index contributed by atoms with van der Waals surface area (Å²) in [5, 5.41) is 0. The van der Waals surface area contributed by atoms with Gasteiger partial charge in [0, 0.05) is 0 Å². The van der Waals surface area contributed by atoms with E-state index < -0.39 is 0 Å². The van der Waals surface area contributed by atoms with Crippen LogP contribution in [-0.4, -0.2) is 7.28 Å². The first-order valence-corrected chi connectivity index (χ1v) is 5.18. The van der Waals surface area contributed by atoms with E-state index in [1.54, 1.807) is 0 Å². The predicted octanol–water partition coefficient (Wildman–Crippen LogP) is 3.35. The maximum absolute atomic E-state index is 2.37. The van der Waals surface area contributed by atoms with Crippen LogP contribution in [0.4, 0.5) is 0 Å². The molecule has 0 bridgehead atoms. The van der Waals surface area contributed by atoms with Gasteiger partial charge in [0.1, 0.15) is 7.28 Å². The molecular weight excluding hydrogens is 131 g/mol. The van der Waals surface area contributed by atoms with Crippen LogP contribution in [0.2, 0.25) is 12.6 Å². The molecule has 1 unspecified atom stereocenters. The van der Waals surface area contributed by atoms with Crippen molar-refractivity contribution in [2.75, 3.05) is 0 Å². The van der Waals surface area contributed by atoms with E-state index in [0.29, 0.717) is 0 Å². The first-order valence-electron chi connectivity index (χ1n) is 5.18. The topological polar surface area (TPSA) is 0 Å². The second kappa shape index (κ2) is 6.76. The lowest BCUT2D eigenvalue weighted by Crippen LogP contribution is -2.04. The fourth-order valence-corrected chi connectivity index (χ4v) is 1.23. The zero-order valence-corrected chi connectivity index (χ0v) is 8.69. The van der Waals surface area contributed by atoms with Crippen LogP contribution in [0.3, 0.4) is 0 Å². The van der Waals surface area contributed by atoms with Gasteiger partial charge in [0.25, 0.3) is 0 Å². The van der Waals surface area contributed by atoms with Crippen molar-refractivity contribution in [3.63, 3.8) is 0 Å². The first-order chi connectivity index (χ1) is 5.18. The molecule has 0 aromatic heterocycles. The van der Waals surface area contributed by atoms with E-state index >= 15 is 0 Å². The van der Waals surface area contributed by atoms with Crippen LogP contribution in [0.5, 0.6) is 0 Å². The van der Waals surface area contributed by atoms with Crippen LogP contribution in [0.25, 0.3) is 0 Å². The van der Waals surface area contributed by atoms with E-state index in [1.807, 2.05) is 0 Å². The summed E-state index contributed by atoms with van der Waals surface area (Å²) in [6, 6.07) is 0. The Morgan fingerprint density at radius 3 is 2.18 bits per heavy atom. The quantitative estimate of drug-likeness (QED) is 0.406. The van der Waals surface area contributed by atoms with E-state index in [0.717, 1.165) is 11.8 Å². The highest BCUT2D eigenvalue weighted by Gasteiger charge is 2.05. The number of rotatable bonds is 6. The van der Waals surface area contributed by atoms with Crippen molar-refractivity contribution in [1.29, 1.82) is 0 Å². The smallest absolute Gasteiger partial charge is 0.0777 e. The summed E-state index contributed by atoms with van der Waals surface area (Å²) >= 11 is 0. The largest absolute Gasteiger partial charge is 0.120 e. The molecule has 0 amide bonds. The lowest BCUT2D eigenvalue weighted by atomic mass is 9.67. The molecular formula is C10H23B. The highest BCUT2D eigenvalue weighted by molar-refractivity contribution is 6.35. The Hall–Kier alpha value is 0.0649. The van der Waals surface area contributed by atoms with Gasteiger partial charge in [-0.05, 0) is 11.8 Å². The van der Waals surface area contributed by atoms with Crippen molar-refractivity contribution in [2.45, 2.75) is 53.2 Å². The van der Waals surface area contributed by atoms with Crippen molar-refractivity contribution in [3.8, 4) is 0 Å². The normalized spacial score (nSPS) is 13.5. The molecule has 0 aromatic carbocycles. The average molecular weight is 154 g/mol. The summed E-state index contributed by atoms with van der Waals surface area (Å²) in [5.41, 5.74) is 0. The van der Waals surface area contributed by atoms with E-state index in [9.17, 15) is 0 Å². The van der Waals surface area contributed by atoms with Crippen molar-refractivity contribution >= 4 is 7.28 Å². The predicted molar refractivity (Wildman–Crippen MR) is 55.7 cm³/mol. The molecule has 1 atom stereocenters. The molecule has 0 aliphatic carbocycles. The molecule has 0 spiro atoms. The third-order valence-corrected chi connectivity index (χ3v) is 2.65. The van der Waals surface area contributed by atoms with Crippen molar-refractivity contribution in [2.24, 2.45) is 11.8 Å². The Morgan fingerprint density at radius 1 is 1.09 bits per heavy atom. The molecule has 66 valence electrons. The van der Waals surface area contributed by atoms with Crippen LogP contribution in [0.15, 0.2) is 0 Å². The summed E-state index contributed by atoms with van der Waals surface area (Å²) in [7, 11) is 1.44. The summed E-state index contributed by atoms with van der Waals surface area (Å²) in [6.45, 7) is 9.29. The Balaban J connectivity index is 3.10. The molecule has 0 heterocycles. The van der Waals surface area contributed by atoms with Gasteiger partial charge >= 0.3 is 0 Å². The average Bonchev–Trinajstić information content (AvgIpc) is 1.97. The Bertz CT molecular complexity index is 78.9. The van der Waals surface area contributed by atoms with E-state index in [2.05, 4.69) is 27.7 Å². The minimum Gasteiger partial charge on any atom is -0.0777 e. The Kier molecular flexibility index (Phi) is 6.80. The number of hydrogen-bond donors (Lipinski definition) is 0. The molecule has 0 saturated heterocycles. The summed E-state index contributed by atoms with van der Waals surface area (Å²) in [6.07, 6.45) is 5.64. The maximum atomic E-state index is 2.37. The minimum atomic E-state index is 0.872. The Morgan fingerprint density at radius 2 is 1.73 bits per heavy atom. The standard InChI is InChI=1S/C10H23B/c1-5-7-11-8-6-10(4)9(2)3/h9-11H,5-8H2,1-4H3. The van der Waals surface area contributed by atoms with Crippen LogP contribution < -0.4 is 0 Å². The van der Waals surface area contributed by atoms with Gasteiger partial charge in [0.05, 0.1) is 0 Å². The van der Waals surface area contributed by atoms with Crippen LogP contribution in [0.1, 0.15) is 40.5 Å². The van der Waals surface area contributed by atoms with Gasteiger partial charge in [-0.25, -0.2) is 0 Å². The van der Waals surface area contributed by atoms with E-state index in [-0.39, 0.29) is 0 Å². The van der Waals surface area contributed by atoms with Crippen LogP contribution in [0, 0.1) is 11.8 Å². The van der Waals surface area contributed by atoms with Crippen molar-refractivity contribution in [3.05, 3.63) is 0 Å². The zero-order valence-electron chi connectivity index (χ0n) is 8.69. The van der Waals surface area contributed by atoms with Gasteiger partial charge in [0.2, 0.25) is 0 Å². The maximum Gasteiger partial charge on any atom is 0.120 e. The molecule has 0 aliphatic heterocycles. The summed E-state index contributed by atoms with van der Waals surface area (Å²) < 4.78 is 0. The number of hydrogen-bond acceptors (Lipinski definition) is 0. The molecule has 0 nitrogen and oxygen atoms in total. The first kappa shape index (κ1) is 11.1. The molecule has 0 aromatic rings. The minimum absolute atomic E-state index is 0.872. The molecule has 0 saturated carbocycles. The van der Waals surface area contributed by atoms with Crippen molar-refractivity contribution < 1.29 is 0 Å². The molecule has 11 heavy (non-hydrogen) atoms. The van der Waals surface area contributed by atoms with Gasteiger partial charge in [-0.15, -0.1) is 0 Å². The van der Waals surface area contributed by atoms with Crippen LogP contribution >= 0.6 is 0 Å². The zero-order chi connectivity index (χ0) is 8.69. The van der Waals surface area contributed by atoms with Gasteiger partial charge in [-0.3, -0.25) is 0 Å². The van der Waals surface area contributed by atoms with Gasteiger partial charge in [-0.1, -0.05) is 53.2 Å². The summed E-state index contributed by atoms with van der Waals surface area (Å²) in [5.74, 6) is 1.79. The fraction of sp³-hybridized carbons (Fsp3) is 1.00. The lowest BCUT2D eigenvalue weighted by molar-refractivity contribution is 0.407. The van der Waals surface area contributed by atoms with Gasteiger partial charge < -0.3 is 0 Å². The SMILES string of the molecule is CCCBCCC(C)C(C)C. The highest BCUT2D eigenvalue weighted by Crippen LogP contribution is 2.16. The van der Waals surface area contributed by atoms with Crippen molar-refractivity contribution in [1.82, 2.24) is 0 Å². The second-order valence-corrected chi connectivity index (χ2v) is 4.07. The van der Waals surface area contributed by atoms with Gasteiger partial charge in [0.15, 0.2) is 0 Å². The second-order valence-electron chi connectivity index (χ2n) is 4.07. The molecule has 0 radical (unpaired) electrons. The van der Waals surface area contributed by atoms with Gasteiger partial charge in [-0.2, -0.15) is 0 Å². The lowest BCUT2D eigenvalue weighted by Gasteiger charge is -2.14. The summed E-state index contributed by atoms with van der Waals surface area (Å²) in [4.78, 5) is 0. The fourth-order valence-electron chi connectivity index (χ4n) is 1.23. The molecule has 0 fully saturated rings. The molecule has 0 N–H and O–H groups in total. The monoisotopic (exact) mass is 154 g/mol. The molecule has 1 heteroatoms. The molecule has 0 aliphatic rings. The Labute approximate surface area is 73.0 Å². The van der Waals surface area contributed by atoms with Crippen LogP contribution in [-0.2, 0) is 0 Å². The molecule has 0 rings (SSSR count). The third-order valence-electron chi connectivity index (χ3n) is 2.65. The van der Waals surface area contributed by atoms with E-state index in [1.165, 1.54) is 32.8 Å².